The second-order valence-electron chi connectivity index (χ2n) is 6.45. The highest BCUT2D eigenvalue weighted by Gasteiger charge is 2.19. The number of imidazole rings is 1. The van der Waals surface area contributed by atoms with E-state index in [1.54, 1.807) is 31.5 Å². The van der Waals surface area contributed by atoms with Crippen LogP contribution < -0.4 is 5.32 Å². The lowest BCUT2D eigenvalue weighted by molar-refractivity contribution is -0.123. The van der Waals surface area contributed by atoms with Gasteiger partial charge < -0.3 is 15.0 Å². The maximum absolute atomic E-state index is 12.3. The molecule has 1 amide bonds. The van der Waals surface area contributed by atoms with Crippen LogP contribution in [0.15, 0.2) is 48.8 Å². The number of aromatic amines is 1. The topological polar surface area (TPSA) is 84.1 Å². The van der Waals surface area contributed by atoms with Gasteiger partial charge in [0.05, 0.1) is 22.9 Å². The van der Waals surface area contributed by atoms with Gasteiger partial charge in [-0.15, -0.1) is 0 Å². The summed E-state index contributed by atoms with van der Waals surface area (Å²) in [5.41, 5.74) is 3.72. The van der Waals surface area contributed by atoms with Crippen LogP contribution in [0.3, 0.4) is 0 Å². The number of esters is 1. The normalized spacial score (nSPS) is 12.2. The minimum Gasteiger partial charge on any atom is -0.449 e. The Kier molecular flexibility index (Phi) is 5.02. The monoisotopic (exact) mass is 351 g/mol. The van der Waals surface area contributed by atoms with Gasteiger partial charge in [0.15, 0.2) is 6.10 Å². The summed E-state index contributed by atoms with van der Waals surface area (Å²) in [6, 6.07) is 12.6. The predicted molar refractivity (Wildman–Crippen MR) is 100 cm³/mol. The van der Waals surface area contributed by atoms with Gasteiger partial charge in [-0.25, -0.2) is 9.78 Å². The molecule has 3 aromatic rings. The first kappa shape index (κ1) is 17.7. The molecular formula is C20H21N3O3. The fraction of sp³-hybridized carbons (Fsp3) is 0.250. The number of ether oxygens (including phenoxy) is 1. The van der Waals surface area contributed by atoms with Gasteiger partial charge in [0.2, 0.25) is 0 Å². The minimum atomic E-state index is -0.912. The lowest BCUT2D eigenvalue weighted by atomic mass is 10.0. The summed E-state index contributed by atoms with van der Waals surface area (Å²) in [5, 5.41) is 2.76. The highest BCUT2D eigenvalue weighted by Crippen LogP contribution is 2.18. The molecule has 0 saturated carbocycles. The number of nitrogens with zero attached hydrogens (tertiary/aromatic N) is 1. The van der Waals surface area contributed by atoms with E-state index in [4.69, 9.17) is 4.74 Å². The zero-order valence-corrected chi connectivity index (χ0v) is 14.9. The van der Waals surface area contributed by atoms with E-state index in [0.717, 1.165) is 11.0 Å². The summed E-state index contributed by atoms with van der Waals surface area (Å²) < 4.78 is 5.27. The van der Waals surface area contributed by atoms with E-state index < -0.39 is 12.1 Å². The predicted octanol–water partition coefficient (Wildman–Crippen LogP) is 3.87. The summed E-state index contributed by atoms with van der Waals surface area (Å²) >= 11 is 0. The lowest BCUT2D eigenvalue weighted by Gasteiger charge is -2.14. The summed E-state index contributed by atoms with van der Waals surface area (Å²) in [7, 11) is 0. The van der Waals surface area contributed by atoms with Gasteiger partial charge in [0.25, 0.3) is 5.91 Å². The van der Waals surface area contributed by atoms with Crippen LogP contribution in [0.1, 0.15) is 42.6 Å². The summed E-state index contributed by atoms with van der Waals surface area (Å²) in [6.07, 6.45) is 0.644. The van der Waals surface area contributed by atoms with Crippen LogP contribution in [-0.2, 0) is 9.53 Å². The van der Waals surface area contributed by atoms with E-state index in [0.29, 0.717) is 17.2 Å². The zero-order chi connectivity index (χ0) is 18.7. The number of carbonyl (C=O) groups excluding carboxylic acids is 2. The molecule has 3 rings (SSSR count). The van der Waals surface area contributed by atoms with Crippen molar-refractivity contribution in [2.45, 2.75) is 32.8 Å². The van der Waals surface area contributed by atoms with Crippen molar-refractivity contribution in [3.05, 3.63) is 59.9 Å². The van der Waals surface area contributed by atoms with Gasteiger partial charge in [0, 0.05) is 5.69 Å². The molecule has 0 aliphatic carbocycles. The minimum absolute atomic E-state index is 0.364. The standard InChI is InChI=1S/C20H21N3O3/c1-12(2)14-4-7-16(8-5-14)23-19(24)13(3)26-20(25)15-6-9-17-18(10-15)22-11-21-17/h4-13H,1-3H3,(H,21,22)(H,23,24). The Morgan fingerprint density at radius 3 is 2.50 bits per heavy atom. The quantitative estimate of drug-likeness (QED) is 0.684. The molecule has 0 aliphatic heterocycles. The van der Waals surface area contributed by atoms with Crippen LogP contribution in [0.25, 0.3) is 11.0 Å². The average molecular weight is 351 g/mol. The van der Waals surface area contributed by atoms with Crippen LogP contribution in [-0.4, -0.2) is 27.9 Å². The third kappa shape index (κ3) is 3.91. The van der Waals surface area contributed by atoms with Gasteiger partial charge >= 0.3 is 5.97 Å². The molecule has 1 heterocycles. The Morgan fingerprint density at radius 2 is 1.81 bits per heavy atom. The number of H-pyrrole nitrogens is 1. The number of benzene rings is 2. The molecule has 0 bridgehead atoms. The Hall–Kier alpha value is -3.15. The fourth-order valence-corrected chi connectivity index (χ4v) is 2.54. The highest BCUT2D eigenvalue weighted by molar-refractivity contribution is 5.98. The number of carbonyl (C=O) groups is 2. The van der Waals surface area contributed by atoms with Crippen LogP contribution >= 0.6 is 0 Å². The Labute approximate surface area is 151 Å². The summed E-state index contributed by atoms with van der Waals surface area (Å²) in [6.45, 7) is 5.76. The molecule has 134 valence electrons. The van der Waals surface area contributed by atoms with E-state index >= 15 is 0 Å². The number of rotatable bonds is 5. The first-order chi connectivity index (χ1) is 12.4. The molecule has 0 radical (unpaired) electrons. The number of nitrogens with one attached hydrogen (secondary N) is 2. The largest absolute Gasteiger partial charge is 0.449 e. The number of hydrogen-bond acceptors (Lipinski definition) is 4. The SMILES string of the molecule is CC(OC(=O)c1ccc2nc[nH]c2c1)C(=O)Nc1ccc(C(C)C)cc1. The van der Waals surface area contributed by atoms with Crippen LogP contribution in [0.4, 0.5) is 5.69 Å². The molecule has 6 heteroatoms. The van der Waals surface area contributed by atoms with E-state index in [-0.39, 0.29) is 5.91 Å². The maximum atomic E-state index is 12.3. The smallest absolute Gasteiger partial charge is 0.338 e. The van der Waals surface area contributed by atoms with Gasteiger partial charge in [0.1, 0.15) is 0 Å². The summed E-state index contributed by atoms with van der Waals surface area (Å²) in [4.78, 5) is 31.6. The van der Waals surface area contributed by atoms with Crippen LogP contribution in [0.2, 0.25) is 0 Å². The molecular weight excluding hydrogens is 330 g/mol. The van der Waals surface area contributed by atoms with Gasteiger partial charge in [-0.3, -0.25) is 4.79 Å². The second kappa shape index (κ2) is 7.39. The number of amides is 1. The molecule has 0 spiro atoms. The van der Waals surface area contributed by atoms with E-state index in [1.807, 2.05) is 24.3 Å². The molecule has 26 heavy (non-hydrogen) atoms. The third-order valence-corrected chi connectivity index (χ3v) is 4.15. The number of fused-ring (bicyclic) bond motifs is 1. The molecule has 0 aliphatic rings. The number of anilines is 1. The molecule has 2 aromatic carbocycles. The van der Waals surface area contributed by atoms with Crippen molar-refractivity contribution < 1.29 is 14.3 Å². The van der Waals surface area contributed by atoms with Crippen molar-refractivity contribution in [3.63, 3.8) is 0 Å². The first-order valence-corrected chi connectivity index (χ1v) is 8.49. The zero-order valence-electron chi connectivity index (χ0n) is 14.9. The van der Waals surface area contributed by atoms with Crippen molar-refractivity contribution in [1.29, 1.82) is 0 Å². The highest BCUT2D eigenvalue weighted by atomic mass is 16.5. The van der Waals surface area contributed by atoms with Gasteiger partial charge in [-0.2, -0.15) is 0 Å². The molecule has 0 fully saturated rings. The van der Waals surface area contributed by atoms with Crippen molar-refractivity contribution >= 4 is 28.6 Å². The summed E-state index contributed by atoms with van der Waals surface area (Å²) in [5.74, 6) is -0.510. The fourth-order valence-electron chi connectivity index (χ4n) is 2.54. The number of aromatic nitrogens is 2. The van der Waals surface area contributed by atoms with Gasteiger partial charge in [-0.05, 0) is 48.7 Å². The van der Waals surface area contributed by atoms with E-state index in [9.17, 15) is 9.59 Å². The van der Waals surface area contributed by atoms with E-state index in [1.165, 1.54) is 5.56 Å². The maximum Gasteiger partial charge on any atom is 0.338 e. The van der Waals surface area contributed by atoms with E-state index in [2.05, 4.69) is 29.1 Å². The third-order valence-electron chi connectivity index (χ3n) is 4.15. The molecule has 1 aromatic heterocycles. The van der Waals surface area contributed by atoms with Crippen LogP contribution in [0, 0.1) is 0 Å². The molecule has 1 unspecified atom stereocenters. The Balaban J connectivity index is 1.61. The van der Waals surface area contributed by atoms with Crippen molar-refractivity contribution in [3.8, 4) is 0 Å². The average Bonchev–Trinajstić information content (AvgIpc) is 3.09. The Morgan fingerprint density at radius 1 is 1.08 bits per heavy atom. The van der Waals surface area contributed by atoms with Gasteiger partial charge in [-0.1, -0.05) is 26.0 Å². The van der Waals surface area contributed by atoms with Crippen molar-refractivity contribution in [1.82, 2.24) is 9.97 Å². The number of hydrogen-bond donors (Lipinski definition) is 2. The lowest BCUT2D eigenvalue weighted by Crippen LogP contribution is -2.30. The second-order valence-corrected chi connectivity index (χ2v) is 6.45. The van der Waals surface area contributed by atoms with Crippen molar-refractivity contribution in [2.75, 3.05) is 5.32 Å². The molecule has 1 atom stereocenters. The Bertz CT molecular complexity index is 929. The molecule has 6 nitrogen and oxygen atoms in total. The molecule has 2 N–H and O–H groups in total. The van der Waals surface area contributed by atoms with Crippen molar-refractivity contribution in [2.24, 2.45) is 0 Å². The van der Waals surface area contributed by atoms with Crippen LogP contribution in [0.5, 0.6) is 0 Å². The first-order valence-electron chi connectivity index (χ1n) is 8.49. The molecule has 0 saturated heterocycles.